The molecule has 1 aliphatic rings. The molecule has 0 heterocycles. The summed E-state index contributed by atoms with van der Waals surface area (Å²) < 4.78 is 41.8. The van der Waals surface area contributed by atoms with Crippen molar-refractivity contribution < 1.29 is 17.9 Å². The Bertz CT molecular complexity index is 158. The van der Waals surface area contributed by atoms with Crippen LogP contribution in [0, 0.1) is 5.41 Å². The van der Waals surface area contributed by atoms with Crippen LogP contribution < -0.4 is 0 Å². The first-order valence-electron chi connectivity index (χ1n) is 4.06. The van der Waals surface area contributed by atoms with Crippen molar-refractivity contribution in [2.45, 2.75) is 39.0 Å². The number of hydrogen-bond donors (Lipinski definition) is 0. The van der Waals surface area contributed by atoms with E-state index in [0.717, 1.165) is 0 Å². The average Bonchev–Trinajstić information content (AvgIpc) is 2.60. The van der Waals surface area contributed by atoms with Gasteiger partial charge in [-0.25, -0.2) is 0 Å². The molecule has 0 bridgehead atoms. The largest absolute Gasteiger partial charge is 0.396 e. The quantitative estimate of drug-likeness (QED) is 0.652. The van der Waals surface area contributed by atoms with Crippen LogP contribution in [0.4, 0.5) is 13.2 Å². The number of alkyl halides is 3. The second-order valence-corrected chi connectivity index (χ2v) is 3.64. The second kappa shape index (κ2) is 2.91. The van der Waals surface area contributed by atoms with E-state index < -0.39 is 11.6 Å². The van der Waals surface area contributed by atoms with E-state index in [1.807, 2.05) is 0 Å². The molecule has 0 N–H and O–H groups in total. The Morgan fingerprint density at radius 1 is 1.33 bits per heavy atom. The normalized spacial score (nSPS) is 21.5. The van der Waals surface area contributed by atoms with Crippen molar-refractivity contribution in [2.24, 2.45) is 5.41 Å². The summed E-state index contributed by atoms with van der Waals surface area (Å²) in [7, 11) is 0. The van der Waals surface area contributed by atoms with E-state index in [9.17, 15) is 13.2 Å². The summed E-state index contributed by atoms with van der Waals surface area (Å²) in [5.74, 6) is 0. The van der Waals surface area contributed by atoms with Gasteiger partial charge in [-0.1, -0.05) is 0 Å². The van der Waals surface area contributed by atoms with Gasteiger partial charge in [-0.3, -0.25) is 0 Å². The zero-order valence-corrected chi connectivity index (χ0v) is 7.24. The van der Waals surface area contributed by atoms with Crippen molar-refractivity contribution in [3.05, 3.63) is 0 Å². The number of ether oxygens (including phenoxy) is 1. The van der Waals surface area contributed by atoms with Crippen molar-refractivity contribution in [2.75, 3.05) is 6.61 Å². The topological polar surface area (TPSA) is 9.23 Å². The Hall–Kier alpha value is -0.250. The molecular formula is C8H13F3O. The van der Waals surface area contributed by atoms with Gasteiger partial charge in [0, 0.05) is 0 Å². The first-order chi connectivity index (χ1) is 5.37. The highest BCUT2D eigenvalue weighted by atomic mass is 19.4. The Labute approximate surface area is 69.9 Å². The molecular weight excluding hydrogens is 169 g/mol. The van der Waals surface area contributed by atoms with Crippen LogP contribution in [0.2, 0.25) is 0 Å². The summed E-state index contributed by atoms with van der Waals surface area (Å²) >= 11 is 0. The molecule has 4 heteroatoms. The lowest BCUT2D eigenvalue weighted by Gasteiger charge is -2.20. The third-order valence-corrected chi connectivity index (χ3v) is 2.15. The summed E-state index contributed by atoms with van der Waals surface area (Å²) in [6.45, 7) is 3.31. The van der Waals surface area contributed by atoms with Crippen molar-refractivity contribution in [3.63, 3.8) is 0 Å². The minimum atomic E-state index is -4.08. The Balaban J connectivity index is 2.40. The lowest BCUT2D eigenvalue weighted by Crippen LogP contribution is -2.30. The molecule has 0 spiro atoms. The minimum absolute atomic E-state index is 0.121. The van der Waals surface area contributed by atoms with Gasteiger partial charge < -0.3 is 4.74 Å². The van der Waals surface area contributed by atoms with Gasteiger partial charge in [0.25, 0.3) is 0 Å². The van der Waals surface area contributed by atoms with E-state index in [1.165, 1.54) is 0 Å². The molecule has 0 saturated heterocycles. The van der Waals surface area contributed by atoms with Crippen molar-refractivity contribution in [1.82, 2.24) is 0 Å². The van der Waals surface area contributed by atoms with Gasteiger partial charge in [0.2, 0.25) is 0 Å². The second-order valence-electron chi connectivity index (χ2n) is 3.64. The number of halogens is 3. The lowest BCUT2D eigenvalue weighted by atomic mass is 10.1. The maximum atomic E-state index is 12.3. The fourth-order valence-corrected chi connectivity index (χ4v) is 0.987. The molecule has 0 atom stereocenters. The fourth-order valence-electron chi connectivity index (χ4n) is 0.987. The van der Waals surface area contributed by atoms with Crippen LogP contribution in [0.3, 0.4) is 0 Å². The number of rotatable bonds is 3. The average molecular weight is 182 g/mol. The van der Waals surface area contributed by atoms with Gasteiger partial charge in [-0.2, -0.15) is 13.2 Å². The third kappa shape index (κ3) is 1.91. The highest BCUT2D eigenvalue weighted by molar-refractivity contribution is 4.99. The first kappa shape index (κ1) is 9.84. The molecule has 0 aliphatic heterocycles. The van der Waals surface area contributed by atoms with E-state index in [0.29, 0.717) is 0 Å². The molecule has 12 heavy (non-hydrogen) atoms. The SMILES string of the molecule is CC(C)OCC1(C(F)(F)F)CC1. The molecule has 1 aliphatic carbocycles. The molecule has 72 valence electrons. The van der Waals surface area contributed by atoms with Crippen LogP contribution in [0.1, 0.15) is 26.7 Å². The van der Waals surface area contributed by atoms with Gasteiger partial charge >= 0.3 is 6.18 Å². The summed E-state index contributed by atoms with van der Waals surface area (Å²) in [6.07, 6.45) is -3.75. The third-order valence-electron chi connectivity index (χ3n) is 2.15. The van der Waals surface area contributed by atoms with Crippen LogP contribution >= 0.6 is 0 Å². The van der Waals surface area contributed by atoms with Crippen molar-refractivity contribution >= 4 is 0 Å². The molecule has 0 radical (unpaired) electrons. The van der Waals surface area contributed by atoms with Crippen LogP contribution in [-0.2, 0) is 4.74 Å². The summed E-state index contributed by atoms with van der Waals surface area (Å²) in [4.78, 5) is 0. The van der Waals surface area contributed by atoms with Gasteiger partial charge in [-0.15, -0.1) is 0 Å². The summed E-state index contributed by atoms with van der Waals surface area (Å²) in [6, 6.07) is 0. The summed E-state index contributed by atoms with van der Waals surface area (Å²) in [5.41, 5.74) is -1.50. The van der Waals surface area contributed by atoms with E-state index in [1.54, 1.807) is 13.8 Å². The highest BCUT2D eigenvalue weighted by Gasteiger charge is 2.63. The van der Waals surface area contributed by atoms with Crippen LogP contribution in [0.25, 0.3) is 0 Å². The Kier molecular flexibility index (Phi) is 2.38. The lowest BCUT2D eigenvalue weighted by molar-refractivity contribution is -0.204. The van der Waals surface area contributed by atoms with E-state index >= 15 is 0 Å². The van der Waals surface area contributed by atoms with Gasteiger partial charge in [0.1, 0.15) is 0 Å². The van der Waals surface area contributed by atoms with E-state index in [2.05, 4.69) is 0 Å². The highest BCUT2D eigenvalue weighted by Crippen LogP contribution is 2.57. The van der Waals surface area contributed by atoms with E-state index in [-0.39, 0.29) is 25.6 Å². The Morgan fingerprint density at radius 2 is 1.83 bits per heavy atom. The standard InChI is InChI=1S/C8H13F3O/c1-6(2)12-5-7(3-4-7)8(9,10)11/h6H,3-5H2,1-2H3. The Morgan fingerprint density at radius 3 is 2.08 bits per heavy atom. The predicted molar refractivity (Wildman–Crippen MR) is 38.8 cm³/mol. The molecule has 0 aromatic rings. The molecule has 0 unspecified atom stereocenters. The van der Waals surface area contributed by atoms with Gasteiger partial charge in [0.15, 0.2) is 0 Å². The fraction of sp³-hybridized carbons (Fsp3) is 1.00. The maximum absolute atomic E-state index is 12.3. The monoisotopic (exact) mass is 182 g/mol. The van der Waals surface area contributed by atoms with Crippen LogP contribution in [-0.4, -0.2) is 18.9 Å². The molecule has 1 rings (SSSR count). The predicted octanol–water partition coefficient (Wildman–Crippen LogP) is 2.75. The van der Waals surface area contributed by atoms with Crippen molar-refractivity contribution in [3.8, 4) is 0 Å². The molecule has 1 saturated carbocycles. The minimum Gasteiger partial charge on any atom is -0.378 e. The number of hydrogen-bond acceptors (Lipinski definition) is 1. The zero-order valence-electron chi connectivity index (χ0n) is 7.24. The molecule has 1 fully saturated rings. The zero-order chi connectivity index (χ0) is 9.41. The van der Waals surface area contributed by atoms with Gasteiger partial charge in [0.05, 0.1) is 18.1 Å². The summed E-state index contributed by atoms with van der Waals surface area (Å²) in [5, 5.41) is 0. The molecule has 0 amide bonds. The molecule has 1 nitrogen and oxygen atoms in total. The van der Waals surface area contributed by atoms with Crippen LogP contribution in [0.5, 0.6) is 0 Å². The van der Waals surface area contributed by atoms with Gasteiger partial charge in [-0.05, 0) is 26.7 Å². The first-order valence-corrected chi connectivity index (χ1v) is 4.06. The van der Waals surface area contributed by atoms with E-state index in [4.69, 9.17) is 4.74 Å². The molecule has 0 aromatic carbocycles. The smallest absolute Gasteiger partial charge is 0.378 e. The van der Waals surface area contributed by atoms with Crippen LogP contribution in [0.15, 0.2) is 0 Å². The maximum Gasteiger partial charge on any atom is 0.396 e. The molecule has 0 aromatic heterocycles. The van der Waals surface area contributed by atoms with Crippen molar-refractivity contribution in [1.29, 1.82) is 0 Å².